The number of hydrogen-bond acceptors (Lipinski definition) is 4. The van der Waals surface area contributed by atoms with Gasteiger partial charge in [-0.2, -0.15) is 5.10 Å². The number of nitrogens with zero attached hydrogens (tertiary/aromatic N) is 2. The lowest BCUT2D eigenvalue weighted by atomic mass is 10.1. The first kappa shape index (κ1) is 22.2. The molecule has 33 heavy (non-hydrogen) atoms. The van der Waals surface area contributed by atoms with Crippen molar-refractivity contribution in [3.8, 4) is 17.2 Å². The summed E-state index contributed by atoms with van der Waals surface area (Å²) in [7, 11) is 1.58. The van der Waals surface area contributed by atoms with Crippen molar-refractivity contribution in [1.29, 1.82) is 0 Å². The first-order chi connectivity index (χ1) is 16.2. The van der Waals surface area contributed by atoms with Gasteiger partial charge in [0.2, 0.25) is 0 Å². The van der Waals surface area contributed by atoms with E-state index in [1.807, 2.05) is 77.6 Å². The molecule has 0 saturated heterocycles. The molecule has 0 spiro atoms. The van der Waals surface area contributed by atoms with Gasteiger partial charge < -0.3 is 14.0 Å². The Labute approximate surface area is 197 Å². The first-order valence-electron chi connectivity index (χ1n) is 10.3. The zero-order valence-corrected chi connectivity index (χ0v) is 18.7. The predicted molar refractivity (Wildman–Crippen MR) is 130 cm³/mol. The second kappa shape index (κ2) is 10.5. The normalized spacial score (nSPS) is 10.8. The molecule has 0 aliphatic carbocycles. The lowest BCUT2D eigenvalue weighted by molar-refractivity contribution is 0.0955. The molecule has 0 unspecified atom stereocenters. The second-order valence-corrected chi connectivity index (χ2v) is 7.50. The molecule has 0 atom stereocenters. The maximum Gasteiger partial charge on any atom is 0.273 e. The first-order valence-corrected chi connectivity index (χ1v) is 10.6. The van der Waals surface area contributed by atoms with Gasteiger partial charge in [0.05, 0.1) is 24.6 Å². The van der Waals surface area contributed by atoms with E-state index in [9.17, 15) is 4.79 Å². The van der Waals surface area contributed by atoms with E-state index in [0.29, 0.717) is 28.7 Å². The Morgan fingerprint density at radius 3 is 2.55 bits per heavy atom. The van der Waals surface area contributed by atoms with Crippen molar-refractivity contribution in [3.05, 3.63) is 113 Å². The van der Waals surface area contributed by atoms with E-state index >= 15 is 0 Å². The Balaban J connectivity index is 1.46. The summed E-state index contributed by atoms with van der Waals surface area (Å²) in [4.78, 5) is 12.7. The van der Waals surface area contributed by atoms with E-state index in [1.54, 1.807) is 31.5 Å². The van der Waals surface area contributed by atoms with Crippen molar-refractivity contribution in [3.63, 3.8) is 0 Å². The summed E-state index contributed by atoms with van der Waals surface area (Å²) in [5, 5.41) is 4.75. The highest BCUT2D eigenvalue weighted by molar-refractivity contribution is 6.31. The van der Waals surface area contributed by atoms with E-state index < -0.39 is 0 Å². The molecule has 7 heteroatoms. The molecular weight excluding hydrogens is 438 g/mol. The summed E-state index contributed by atoms with van der Waals surface area (Å²) >= 11 is 6.21. The standard InChI is InChI=1S/C26H22ClN3O3/c1-32-24-13-12-19(16-25(24)33-18-20-8-2-4-10-22(20)27)17-28-29-26(31)21-9-3-5-11-23(21)30-14-6-7-15-30/h2-17H,18H2,1H3,(H,29,31)/b28-17-. The van der Waals surface area contributed by atoms with Gasteiger partial charge in [0.1, 0.15) is 6.61 Å². The Kier molecular flexibility index (Phi) is 7.07. The number of rotatable bonds is 8. The highest BCUT2D eigenvalue weighted by Gasteiger charge is 2.11. The average molecular weight is 460 g/mol. The van der Waals surface area contributed by atoms with E-state index in [0.717, 1.165) is 16.8 Å². The predicted octanol–water partition coefficient (Wildman–Crippen LogP) is 5.48. The Bertz CT molecular complexity index is 1270. The summed E-state index contributed by atoms with van der Waals surface area (Å²) in [6.07, 6.45) is 5.33. The minimum absolute atomic E-state index is 0.295. The van der Waals surface area contributed by atoms with Gasteiger partial charge in [0.25, 0.3) is 5.91 Å². The highest BCUT2D eigenvalue weighted by atomic mass is 35.5. The molecule has 4 aromatic rings. The maximum absolute atomic E-state index is 12.7. The molecule has 0 bridgehead atoms. The molecule has 166 valence electrons. The fourth-order valence-corrected chi connectivity index (χ4v) is 3.46. The van der Waals surface area contributed by atoms with E-state index in [1.165, 1.54) is 0 Å². The van der Waals surface area contributed by atoms with Gasteiger partial charge in [0, 0.05) is 23.0 Å². The van der Waals surface area contributed by atoms with Crippen molar-refractivity contribution in [1.82, 2.24) is 9.99 Å². The molecule has 4 rings (SSSR count). The number of aromatic nitrogens is 1. The quantitative estimate of drug-likeness (QED) is 0.280. The molecule has 1 amide bonds. The molecule has 3 aromatic carbocycles. The maximum atomic E-state index is 12.7. The summed E-state index contributed by atoms with van der Waals surface area (Å²) in [5.41, 5.74) is 5.49. The highest BCUT2D eigenvalue weighted by Crippen LogP contribution is 2.29. The number of carbonyl (C=O) groups is 1. The minimum Gasteiger partial charge on any atom is -0.493 e. The number of hydrogen-bond donors (Lipinski definition) is 1. The van der Waals surface area contributed by atoms with Crippen LogP contribution < -0.4 is 14.9 Å². The summed E-state index contributed by atoms with van der Waals surface area (Å²) in [6.45, 7) is 0.295. The molecule has 1 aromatic heterocycles. The van der Waals surface area contributed by atoms with Gasteiger partial charge in [0.15, 0.2) is 11.5 Å². The lowest BCUT2D eigenvalue weighted by Crippen LogP contribution is -2.19. The van der Waals surface area contributed by atoms with Crippen LogP contribution in [0, 0.1) is 0 Å². The van der Waals surface area contributed by atoms with Crippen LogP contribution in [0.3, 0.4) is 0 Å². The van der Waals surface area contributed by atoms with Crippen LogP contribution in [0.1, 0.15) is 21.5 Å². The number of methoxy groups -OCH3 is 1. The second-order valence-electron chi connectivity index (χ2n) is 7.10. The molecule has 0 fully saturated rings. The molecule has 0 radical (unpaired) electrons. The van der Waals surface area contributed by atoms with Crippen LogP contribution in [0.4, 0.5) is 0 Å². The van der Waals surface area contributed by atoms with Crippen LogP contribution in [0.15, 0.2) is 96.4 Å². The summed E-state index contributed by atoms with van der Waals surface area (Å²) in [5.74, 6) is 0.828. The molecule has 6 nitrogen and oxygen atoms in total. The summed E-state index contributed by atoms with van der Waals surface area (Å²) in [6, 6.07) is 24.0. The van der Waals surface area contributed by atoms with Gasteiger partial charge >= 0.3 is 0 Å². The number of halogens is 1. The molecule has 1 N–H and O–H groups in total. The third-order valence-corrected chi connectivity index (χ3v) is 5.31. The van der Waals surface area contributed by atoms with Gasteiger partial charge in [-0.05, 0) is 54.1 Å². The third kappa shape index (κ3) is 5.42. The van der Waals surface area contributed by atoms with Gasteiger partial charge in [-0.15, -0.1) is 0 Å². The number of amides is 1. The van der Waals surface area contributed by atoms with Crippen LogP contribution >= 0.6 is 11.6 Å². The van der Waals surface area contributed by atoms with Crippen molar-refractivity contribution in [2.45, 2.75) is 6.61 Å². The lowest BCUT2D eigenvalue weighted by Gasteiger charge is -2.12. The van der Waals surface area contributed by atoms with Gasteiger partial charge in [-0.1, -0.05) is 41.9 Å². The molecule has 1 heterocycles. The number of benzene rings is 3. The molecular formula is C26H22ClN3O3. The van der Waals surface area contributed by atoms with Crippen LogP contribution in [-0.2, 0) is 6.61 Å². The SMILES string of the molecule is COc1ccc(/C=N\NC(=O)c2ccccc2-n2cccc2)cc1OCc1ccccc1Cl. The summed E-state index contributed by atoms with van der Waals surface area (Å²) < 4.78 is 13.2. The number of nitrogens with one attached hydrogen (secondary N) is 1. The van der Waals surface area contributed by atoms with E-state index in [2.05, 4.69) is 10.5 Å². The van der Waals surface area contributed by atoms with Gasteiger partial charge in [-0.3, -0.25) is 4.79 Å². The van der Waals surface area contributed by atoms with E-state index in [4.69, 9.17) is 21.1 Å². The molecule has 0 aliphatic heterocycles. The van der Waals surface area contributed by atoms with Crippen molar-refractivity contribution >= 4 is 23.7 Å². The monoisotopic (exact) mass is 459 g/mol. The van der Waals surface area contributed by atoms with Crippen LogP contribution in [-0.4, -0.2) is 23.8 Å². The fraction of sp³-hybridized carbons (Fsp3) is 0.0769. The van der Waals surface area contributed by atoms with Crippen LogP contribution in [0.5, 0.6) is 11.5 Å². The minimum atomic E-state index is -0.306. The van der Waals surface area contributed by atoms with Crippen molar-refractivity contribution in [2.75, 3.05) is 7.11 Å². The zero-order valence-electron chi connectivity index (χ0n) is 17.9. The number of para-hydroxylation sites is 1. The van der Waals surface area contributed by atoms with Crippen LogP contribution in [0.25, 0.3) is 5.69 Å². The molecule has 0 aliphatic rings. The van der Waals surface area contributed by atoms with E-state index in [-0.39, 0.29) is 5.91 Å². The smallest absolute Gasteiger partial charge is 0.273 e. The van der Waals surface area contributed by atoms with Gasteiger partial charge in [-0.25, -0.2) is 5.43 Å². The topological polar surface area (TPSA) is 64.8 Å². The number of carbonyl (C=O) groups excluding carboxylic acids is 1. The Hall–Kier alpha value is -4.03. The number of hydrazone groups is 1. The Morgan fingerprint density at radius 1 is 1.00 bits per heavy atom. The molecule has 0 saturated carbocycles. The average Bonchev–Trinajstić information content (AvgIpc) is 3.38. The van der Waals surface area contributed by atoms with Crippen molar-refractivity contribution in [2.24, 2.45) is 5.10 Å². The number of ether oxygens (including phenoxy) is 2. The van der Waals surface area contributed by atoms with Crippen LogP contribution in [0.2, 0.25) is 5.02 Å². The fourth-order valence-electron chi connectivity index (χ4n) is 3.27. The van der Waals surface area contributed by atoms with Crippen molar-refractivity contribution < 1.29 is 14.3 Å². The third-order valence-electron chi connectivity index (χ3n) is 4.94. The largest absolute Gasteiger partial charge is 0.493 e. The zero-order chi connectivity index (χ0) is 23.0. The Morgan fingerprint density at radius 2 is 1.76 bits per heavy atom.